The summed E-state index contributed by atoms with van der Waals surface area (Å²) in [4.78, 5) is 35.7. The Morgan fingerprint density at radius 2 is 2.00 bits per heavy atom. The van der Waals surface area contributed by atoms with Gasteiger partial charge < -0.3 is 30.6 Å². The molecule has 0 bridgehead atoms. The lowest BCUT2D eigenvalue weighted by Gasteiger charge is -2.17. The Morgan fingerprint density at radius 3 is 2.59 bits per heavy atom. The summed E-state index contributed by atoms with van der Waals surface area (Å²) in [6.45, 7) is 4.17. The van der Waals surface area contributed by atoms with Crippen LogP contribution in [0.4, 0.5) is 5.13 Å². The van der Waals surface area contributed by atoms with Crippen LogP contribution in [0.15, 0.2) is 10.5 Å². The van der Waals surface area contributed by atoms with Gasteiger partial charge in [-0.15, -0.1) is 15.3 Å². The van der Waals surface area contributed by atoms with Crippen molar-refractivity contribution in [2.24, 2.45) is 5.41 Å². The summed E-state index contributed by atoms with van der Waals surface area (Å²) in [5.41, 5.74) is 4.52. The van der Waals surface area contributed by atoms with Crippen molar-refractivity contribution >= 4 is 53.2 Å². The fourth-order valence-corrected chi connectivity index (χ4v) is 3.43. The van der Waals surface area contributed by atoms with E-state index in [2.05, 4.69) is 25.8 Å². The maximum absolute atomic E-state index is 12.1. The van der Waals surface area contributed by atoms with Gasteiger partial charge in [0.1, 0.15) is 0 Å². The molecule has 0 aliphatic heterocycles. The molecule has 32 heavy (non-hydrogen) atoms. The highest BCUT2D eigenvalue weighted by molar-refractivity contribution is 8.01. The van der Waals surface area contributed by atoms with Gasteiger partial charge in [0.15, 0.2) is 10.0 Å². The van der Waals surface area contributed by atoms with Crippen LogP contribution in [-0.2, 0) is 25.6 Å². The molecule has 17 heteroatoms. The highest BCUT2D eigenvalue weighted by Gasteiger charge is 2.27. The number of carbonyl (C=O) groups excluding carboxylic acids is 3. The predicted octanol–water partition coefficient (Wildman–Crippen LogP) is -1.30. The molecule has 14 nitrogen and oxygen atoms in total. The first kappa shape index (κ1) is 25.5. The summed E-state index contributed by atoms with van der Waals surface area (Å²) in [6, 6.07) is 0. The summed E-state index contributed by atoms with van der Waals surface area (Å²) < 4.78 is 11.3. The third-order valence-corrected chi connectivity index (χ3v) is 5.46. The van der Waals surface area contributed by atoms with E-state index in [0.29, 0.717) is 4.34 Å². The van der Waals surface area contributed by atoms with Crippen molar-refractivity contribution in [1.82, 2.24) is 30.5 Å². The summed E-state index contributed by atoms with van der Waals surface area (Å²) in [7, 11) is -1.91. The SMILES string of the molecule is CC(C)(C)C(=O)OCOC(=O)c1cn(CC(NC(=O)CSc2nnc(N)s2)B(O)O)nn1. The van der Waals surface area contributed by atoms with E-state index in [1.165, 1.54) is 6.20 Å². The van der Waals surface area contributed by atoms with Gasteiger partial charge in [-0.2, -0.15) is 0 Å². The number of ether oxygens (including phenoxy) is 2. The van der Waals surface area contributed by atoms with E-state index in [1.807, 2.05) is 0 Å². The second kappa shape index (κ2) is 11.2. The van der Waals surface area contributed by atoms with Crippen LogP contribution in [0.1, 0.15) is 31.3 Å². The summed E-state index contributed by atoms with van der Waals surface area (Å²) >= 11 is 2.20. The molecule has 0 aromatic carbocycles. The van der Waals surface area contributed by atoms with E-state index in [1.54, 1.807) is 20.8 Å². The standard InChI is InChI=1S/C15H22BN7O7S2/c1-15(2,3)12(26)30-7-29-11(25)8-4-23(22-19-8)5-9(16(27)28)18-10(24)6-31-14-21-20-13(17)32-14/h4,9,27-28H,5-7H2,1-3H3,(H2,17,20)(H,18,24). The second-order valence-electron chi connectivity index (χ2n) is 7.34. The van der Waals surface area contributed by atoms with Crippen LogP contribution in [0.25, 0.3) is 0 Å². The minimum absolute atomic E-state index is 0.0555. The van der Waals surface area contributed by atoms with Crippen LogP contribution < -0.4 is 11.1 Å². The molecule has 1 unspecified atom stereocenters. The number of carbonyl (C=O) groups is 3. The lowest BCUT2D eigenvalue weighted by molar-refractivity contribution is -0.161. The monoisotopic (exact) mass is 487 g/mol. The molecule has 2 rings (SSSR count). The molecule has 0 spiro atoms. The second-order valence-corrected chi connectivity index (χ2v) is 9.57. The van der Waals surface area contributed by atoms with Gasteiger partial charge in [0.25, 0.3) is 0 Å². The van der Waals surface area contributed by atoms with Crippen molar-refractivity contribution in [1.29, 1.82) is 0 Å². The molecular weight excluding hydrogens is 465 g/mol. The molecule has 174 valence electrons. The van der Waals surface area contributed by atoms with Crippen molar-refractivity contribution in [2.45, 2.75) is 37.6 Å². The van der Waals surface area contributed by atoms with Gasteiger partial charge in [-0.3, -0.25) is 14.3 Å². The Kier molecular flexibility index (Phi) is 8.94. The van der Waals surface area contributed by atoms with Gasteiger partial charge in [-0.25, -0.2) is 4.79 Å². The zero-order valence-corrected chi connectivity index (χ0v) is 19.1. The van der Waals surface area contributed by atoms with E-state index in [9.17, 15) is 24.4 Å². The molecule has 2 aromatic rings. The molecule has 0 saturated heterocycles. The smallest absolute Gasteiger partial charge is 0.427 e. The Labute approximate surface area is 191 Å². The van der Waals surface area contributed by atoms with Crippen molar-refractivity contribution in [2.75, 3.05) is 18.3 Å². The lowest BCUT2D eigenvalue weighted by Crippen LogP contribution is -2.49. The molecule has 0 fully saturated rings. The molecule has 0 aliphatic carbocycles. The quantitative estimate of drug-likeness (QED) is 0.133. The highest BCUT2D eigenvalue weighted by atomic mass is 32.2. The van der Waals surface area contributed by atoms with Crippen LogP contribution in [0.2, 0.25) is 0 Å². The average molecular weight is 487 g/mol. The number of nitrogens with zero attached hydrogens (tertiary/aromatic N) is 5. The third kappa shape index (κ3) is 8.06. The topological polar surface area (TPSA) is 205 Å². The van der Waals surface area contributed by atoms with Gasteiger partial charge in [0.2, 0.25) is 17.8 Å². The number of nitrogen functional groups attached to an aromatic ring is 1. The van der Waals surface area contributed by atoms with Crippen LogP contribution in [0, 0.1) is 5.41 Å². The van der Waals surface area contributed by atoms with Crippen molar-refractivity contribution in [3.63, 3.8) is 0 Å². The van der Waals surface area contributed by atoms with Gasteiger partial charge in [-0.05, 0) is 20.8 Å². The average Bonchev–Trinajstić information content (AvgIpc) is 3.33. The molecular formula is C15H22BN7O7S2. The third-order valence-electron chi connectivity index (χ3n) is 3.58. The predicted molar refractivity (Wildman–Crippen MR) is 113 cm³/mol. The Balaban J connectivity index is 1.84. The number of nitrogens with one attached hydrogen (secondary N) is 1. The van der Waals surface area contributed by atoms with E-state index in [-0.39, 0.29) is 23.1 Å². The fraction of sp³-hybridized carbons (Fsp3) is 0.533. The first-order valence-corrected chi connectivity index (χ1v) is 10.9. The zero-order chi connectivity index (χ0) is 23.9. The number of aromatic nitrogens is 5. The van der Waals surface area contributed by atoms with Crippen LogP contribution in [0.5, 0.6) is 0 Å². The van der Waals surface area contributed by atoms with Gasteiger partial charge in [0, 0.05) is 0 Å². The minimum atomic E-state index is -1.91. The number of thioether (sulfide) groups is 1. The number of nitrogens with two attached hydrogens (primary N) is 1. The first-order chi connectivity index (χ1) is 15.0. The van der Waals surface area contributed by atoms with E-state index in [0.717, 1.165) is 27.8 Å². The van der Waals surface area contributed by atoms with E-state index in [4.69, 9.17) is 15.2 Å². The van der Waals surface area contributed by atoms with Gasteiger partial charge in [-0.1, -0.05) is 28.3 Å². The van der Waals surface area contributed by atoms with E-state index < -0.39 is 43.1 Å². The van der Waals surface area contributed by atoms with E-state index >= 15 is 0 Å². The number of hydrogen-bond donors (Lipinski definition) is 4. The fourth-order valence-electron chi connectivity index (χ4n) is 1.98. The molecule has 0 aliphatic rings. The Hall–Kier alpha value is -2.76. The van der Waals surface area contributed by atoms with Crippen LogP contribution >= 0.6 is 23.1 Å². The molecule has 1 atom stereocenters. The number of hydrogen-bond acceptors (Lipinski definition) is 14. The maximum Gasteiger partial charge on any atom is 0.477 e. The molecule has 0 saturated carbocycles. The normalized spacial score (nSPS) is 12.2. The molecule has 0 radical (unpaired) electrons. The molecule has 2 aromatic heterocycles. The minimum Gasteiger partial charge on any atom is -0.427 e. The van der Waals surface area contributed by atoms with Gasteiger partial charge in [0.05, 0.1) is 29.9 Å². The zero-order valence-electron chi connectivity index (χ0n) is 17.4. The number of esters is 2. The van der Waals surface area contributed by atoms with Gasteiger partial charge >= 0.3 is 19.1 Å². The molecule has 2 heterocycles. The summed E-state index contributed by atoms with van der Waals surface area (Å²) in [6.07, 6.45) is 1.19. The Bertz CT molecular complexity index is 947. The van der Waals surface area contributed by atoms with Crippen molar-refractivity contribution in [3.05, 3.63) is 11.9 Å². The number of rotatable bonds is 10. The number of anilines is 1. The highest BCUT2D eigenvalue weighted by Crippen LogP contribution is 2.23. The Morgan fingerprint density at radius 1 is 1.28 bits per heavy atom. The van der Waals surface area contributed by atoms with Crippen LogP contribution in [0.3, 0.4) is 0 Å². The molecule has 5 N–H and O–H groups in total. The summed E-state index contributed by atoms with van der Waals surface area (Å²) in [5, 5.41) is 36.5. The largest absolute Gasteiger partial charge is 0.477 e. The van der Waals surface area contributed by atoms with Crippen molar-refractivity contribution < 1.29 is 33.9 Å². The number of amides is 1. The van der Waals surface area contributed by atoms with Crippen LogP contribution in [-0.4, -0.2) is 78.7 Å². The lowest BCUT2D eigenvalue weighted by atomic mass is 9.79. The first-order valence-electron chi connectivity index (χ1n) is 9.07. The molecule has 1 amide bonds. The maximum atomic E-state index is 12.1. The van der Waals surface area contributed by atoms with Crippen molar-refractivity contribution in [3.8, 4) is 0 Å². The summed E-state index contributed by atoms with van der Waals surface area (Å²) in [5.74, 6) is -3.13.